The predicted octanol–water partition coefficient (Wildman–Crippen LogP) is 3.53. The zero-order chi connectivity index (χ0) is 15.6. The van der Waals surface area contributed by atoms with Gasteiger partial charge in [-0.1, -0.05) is 51.6 Å². The molecule has 21 heavy (non-hydrogen) atoms. The Morgan fingerprint density at radius 2 is 1.76 bits per heavy atom. The van der Waals surface area contributed by atoms with Gasteiger partial charge in [0.15, 0.2) is 0 Å². The summed E-state index contributed by atoms with van der Waals surface area (Å²) in [5, 5.41) is 0.186. The van der Waals surface area contributed by atoms with Crippen LogP contribution >= 0.6 is 11.6 Å². The topological polar surface area (TPSA) is 54.9 Å². The number of hydrogen-bond acceptors (Lipinski definition) is 2. The Morgan fingerprint density at radius 3 is 2.29 bits per heavy atom. The molecule has 1 fully saturated rings. The van der Waals surface area contributed by atoms with Crippen molar-refractivity contribution >= 4 is 11.6 Å². The fourth-order valence-corrected chi connectivity index (χ4v) is 3.69. The molecule has 0 unspecified atom stereocenters. The molecule has 0 bridgehead atoms. The van der Waals surface area contributed by atoms with Crippen LogP contribution in [0, 0.1) is 11.8 Å². The molecule has 1 aliphatic carbocycles. The first kappa shape index (κ1) is 16.3. The number of aromatic amines is 1. The van der Waals surface area contributed by atoms with E-state index < -0.39 is 0 Å². The molecule has 0 saturated heterocycles. The second kappa shape index (κ2) is 6.82. The molecule has 2 rings (SSSR count). The molecule has 0 aliphatic heterocycles. The summed E-state index contributed by atoms with van der Waals surface area (Å²) in [5.74, 6) is 1.24. The molecule has 0 aromatic carbocycles. The van der Waals surface area contributed by atoms with E-state index in [0.29, 0.717) is 18.0 Å². The third kappa shape index (κ3) is 3.60. The monoisotopic (exact) mass is 312 g/mol. The van der Waals surface area contributed by atoms with Crippen LogP contribution in [-0.4, -0.2) is 9.55 Å². The summed E-state index contributed by atoms with van der Waals surface area (Å²) < 4.78 is 1.35. The van der Waals surface area contributed by atoms with Gasteiger partial charge in [-0.05, 0) is 30.6 Å². The average molecular weight is 313 g/mol. The lowest BCUT2D eigenvalue weighted by Crippen LogP contribution is -2.40. The van der Waals surface area contributed by atoms with Crippen molar-refractivity contribution in [2.24, 2.45) is 11.8 Å². The summed E-state index contributed by atoms with van der Waals surface area (Å²) in [6.45, 7) is 6.57. The Bertz CT molecular complexity index is 595. The van der Waals surface area contributed by atoms with E-state index in [9.17, 15) is 9.59 Å². The Hall–Kier alpha value is -1.03. The molecule has 5 heteroatoms. The van der Waals surface area contributed by atoms with E-state index in [1.165, 1.54) is 23.8 Å². The molecule has 0 atom stereocenters. The molecule has 1 N–H and O–H groups in total. The van der Waals surface area contributed by atoms with Crippen molar-refractivity contribution in [3.63, 3.8) is 0 Å². The van der Waals surface area contributed by atoms with Crippen LogP contribution in [-0.2, 0) is 6.54 Å². The average Bonchev–Trinajstić information content (AvgIpc) is 2.43. The van der Waals surface area contributed by atoms with E-state index >= 15 is 0 Å². The second-order valence-electron chi connectivity index (χ2n) is 6.52. The van der Waals surface area contributed by atoms with E-state index in [1.54, 1.807) is 0 Å². The van der Waals surface area contributed by atoms with Gasteiger partial charge in [-0.15, -0.1) is 0 Å². The minimum absolute atomic E-state index is 0.00364. The van der Waals surface area contributed by atoms with E-state index in [2.05, 4.69) is 11.9 Å². The maximum atomic E-state index is 12.5. The molecule has 4 nitrogen and oxygen atoms in total. The summed E-state index contributed by atoms with van der Waals surface area (Å²) in [6, 6.07) is 0. The van der Waals surface area contributed by atoms with Gasteiger partial charge < -0.3 is 0 Å². The minimum Gasteiger partial charge on any atom is -0.297 e. The third-order valence-corrected chi connectivity index (χ3v) is 5.03. The first-order valence-electron chi connectivity index (χ1n) is 7.96. The highest BCUT2D eigenvalue weighted by Gasteiger charge is 2.23. The first-order valence-corrected chi connectivity index (χ1v) is 8.34. The molecule has 118 valence electrons. The summed E-state index contributed by atoms with van der Waals surface area (Å²) in [7, 11) is 0. The lowest BCUT2D eigenvalue weighted by Gasteiger charge is -2.28. The largest absolute Gasteiger partial charge is 0.329 e. The zero-order valence-electron chi connectivity index (χ0n) is 13.1. The van der Waals surface area contributed by atoms with Crippen LogP contribution in [0.5, 0.6) is 0 Å². The van der Waals surface area contributed by atoms with Crippen molar-refractivity contribution in [1.29, 1.82) is 0 Å². The van der Waals surface area contributed by atoms with Gasteiger partial charge in [-0.3, -0.25) is 14.3 Å². The molecule has 1 aromatic heterocycles. The second-order valence-corrected chi connectivity index (χ2v) is 6.90. The molecule has 1 heterocycles. The molecule has 1 aliphatic rings. The maximum Gasteiger partial charge on any atom is 0.329 e. The van der Waals surface area contributed by atoms with Crippen LogP contribution in [0.25, 0.3) is 0 Å². The SMILES string of the molecule is CCC1CCC(Cn2c(=O)[nH]c(Cl)c(C(C)C)c2=O)CC1. The third-order valence-electron chi connectivity index (χ3n) is 4.74. The van der Waals surface area contributed by atoms with Gasteiger partial charge in [-0.25, -0.2) is 4.79 Å². The molecule has 1 aromatic rings. The fraction of sp³-hybridized carbons (Fsp3) is 0.750. The van der Waals surface area contributed by atoms with E-state index in [1.807, 2.05) is 13.8 Å². The lowest BCUT2D eigenvalue weighted by molar-refractivity contribution is 0.243. The number of aromatic nitrogens is 2. The highest BCUT2D eigenvalue weighted by atomic mass is 35.5. The van der Waals surface area contributed by atoms with Crippen molar-refractivity contribution in [1.82, 2.24) is 9.55 Å². The molecule has 1 saturated carbocycles. The maximum absolute atomic E-state index is 12.5. The van der Waals surface area contributed by atoms with Crippen molar-refractivity contribution in [2.45, 2.75) is 65.3 Å². The summed E-state index contributed by atoms with van der Waals surface area (Å²) >= 11 is 6.01. The Morgan fingerprint density at radius 1 is 1.19 bits per heavy atom. The molecule has 0 radical (unpaired) electrons. The Balaban J connectivity index is 2.23. The number of hydrogen-bond donors (Lipinski definition) is 1. The van der Waals surface area contributed by atoms with Gasteiger partial charge in [0.05, 0.1) is 5.56 Å². The molecular weight excluding hydrogens is 288 g/mol. The van der Waals surface area contributed by atoms with E-state index in [-0.39, 0.29) is 22.3 Å². The Kier molecular flexibility index (Phi) is 5.31. The van der Waals surface area contributed by atoms with Crippen LogP contribution in [0.15, 0.2) is 9.59 Å². The normalized spacial score (nSPS) is 22.7. The van der Waals surface area contributed by atoms with Crippen molar-refractivity contribution in [3.05, 3.63) is 31.6 Å². The smallest absolute Gasteiger partial charge is 0.297 e. The standard InChI is InChI=1S/C16H25ClN2O2/c1-4-11-5-7-12(8-6-11)9-19-15(20)13(10(2)3)14(17)18-16(19)21/h10-12H,4-9H2,1-3H3,(H,18,21). The van der Waals surface area contributed by atoms with Crippen LogP contribution < -0.4 is 11.2 Å². The van der Waals surface area contributed by atoms with Gasteiger partial charge in [0.2, 0.25) is 0 Å². The fourth-order valence-electron chi connectivity index (χ4n) is 3.31. The predicted molar refractivity (Wildman–Crippen MR) is 86.2 cm³/mol. The summed E-state index contributed by atoms with van der Waals surface area (Å²) in [6.07, 6.45) is 5.84. The van der Waals surface area contributed by atoms with Crippen LogP contribution in [0.1, 0.15) is 64.4 Å². The van der Waals surface area contributed by atoms with Crippen LogP contribution in [0.2, 0.25) is 5.15 Å². The molecular formula is C16H25ClN2O2. The lowest BCUT2D eigenvalue weighted by atomic mass is 9.81. The van der Waals surface area contributed by atoms with Gasteiger partial charge >= 0.3 is 5.69 Å². The summed E-state index contributed by atoms with van der Waals surface area (Å²) in [4.78, 5) is 27.2. The number of nitrogens with one attached hydrogen (secondary N) is 1. The van der Waals surface area contributed by atoms with Crippen LogP contribution in [0.4, 0.5) is 0 Å². The van der Waals surface area contributed by atoms with E-state index in [0.717, 1.165) is 18.8 Å². The number of nitrogens with zero attached hydrogens (tertiary/aromatic N) is 1. The van der Waals surface area contributed by atoms with Gasteiger partial charge in [0.1, 0.15) is 5.15 Å². The highest BCUT2D eigenvalue weighted by Crippen LogP contribution is 2.31. The van der Waals surface area contributed by atoms with Crippen molar-refractivity contribution in [3.8, 4) is 0 Å². The first-order chi connectivity index (χ1) is 9.93. The van der Waals surface area contributed by atoms with Crippen LogP contribution in [0.3, 0.4) is 0 Å². The van der Waals surface area contributed by atoms with Gasteiger partial charge in [0, 0.05) is 6.54 Å². The van der Waals surface area contributed by atoms with Gasteiger partial charge in [-0.2, -0.15) is 0 Å². The van der Waals surface area contributed by atoms with Crippen molar-refractivity contribution in [2.75, 3.05) is 0 Å². The molecule has 0 spiro atoms. The summed E-state index contributed by atoms with van der Waals surface area (Å²) in [5.41, 5.74) is -0.0955. The Labute approximate surface area is 130 Å². The number of H-pyrrole nitrogens is 1. The zero-order valence-corrected chi connectivity index (χ0v) is 13.9. The number of halogens is 1. The van der Waals surface area contributed by atoms with Crippen molar-refractivity contribution < 1.29 is 0 Å². The van der Waals surface area contributed by atoms with E-state index in [4.69, 9.17) is 11.6 Å². The molecule has 0 amide bonds. The van der Waals surface area contributed by atoms with Gasteiger partial charge in [0.25, 0.3) is 5.56 Å². The highest BCUT2D eigenvalue weighted by molar-refractivity contribution is 6.30. The number of rotatable bonds is 4. The minimum atomic E-state index is -0.382. The quantitative estimate of drug-likeness (QED) is 0.865.